The second kappa shape index (κ2) is 11.3. The summed E-state index contributed by atoms with van der Waals surface area (Å²) in [6.07, 6.45) is 6.41. The highest BCUT2D eigenvalue weighted by Crippen LogP contribution is 2.32. The van der Waals surface area contributed by atoms with Crippen LogP contribution in [0.3, 0.4) is 0 Å². The summed E-state index contributed by atoms with van der Waals surface area (Å²) in [7, 11) is 0. The fraction of sp³-hybridized carbons (Fsp3) is 0.667. The van der Waals surface area contributed by atoms with E-state index in [1.807, 2.05) is 6.92 Å². The number of carboxylic acids is 1. The average Bonchev–Trinajstić information content (AvgIpc) is 2.90. The molecule has 1 aromatic heterocycles. The number of hydrogen-bond acceptors (Lipinski definition) is 5. The molecule has 1 heterocycles. The summed E-state index contributed by atoms with van der Waals surface area (Å²) < 4.78 is 4.19. The molecule has 130 valence electrons. The fourth-order valence-corrected chi connectivity index (χ4v) is 3.81. The van der Waals surface area contributed by atoms with Gasteiger partial charge in [-0.15, -0.1) is 11.8 Å². The van der Waals surface area contributed by atoms with Crippen molar-refractivity contribution in [3.63, 3.8) is 0 Å². The SMILES string of the molecule is CCCCCCSc1nsc(NC(=O)NCCCC)c1C(=O)O. The molecule has 0 spiro atoms. The molecule has 1 rings (SSSR count). The summed E-state index contributed by atoms with van der Waals surface area (Å²) >= 11 is 2.46. The summed E-state index contributed by atoms with van der Waals surface area (Å²) in [5.41, 5.74) is 0.0983. The van der Waals surface area contributed by atoms with Crippen LogP contribution in [0.5, 0.6) is 0 Å². The van der Waals surface area contributed by atoms with Gasteiger partial charge >= 0.3 is 12.0 Å². The first-order valence-electron chi connectivity index (χ1n) is 8.00. The zero-order chi connectivity index (χ0) is 17.1. The van der Waals surface area contributed by atoms with Crippen molar-refractivity contribution in [1.29, 1.82) is 0 Å². The minimum Gasteiger partial charge on any atom is -0.477 e. The Balaban J connectivity index is 2.59. The van der Waals surface area contributed by atoms with E-state index in [0.717, 1.165) is 43.0 Å². The van der Waals surface area contributed by atoms with E-state index in [0.29, 0.717) is 16.6 Å². The number of carboxylic acid groups (broad SMARTS) is 1. The minimum atomic E-state index is -1.06. The Bertz CT molecular complexity index is 506. The molecular formula is C15H25N3O3S2. The Morgan fingerprint density at radius 1 is 1.17 bits per heavy atom. The zero-order valence-electron chi connectivity index (χ0n) is 13.7. The lowest BCUT2D eigenvalue weighted by Gasteiger charge is -2.06. The predicted molar refractivity (Wildman–Crippen MR) is 95.9 cm³/mol. The maximum atomic E-state index is 11.8. The number of rotatable bonds is 11. The molecule has 0 bridgehead atoms. The van der Waals surface area contributed by atoms with E-state index < -0.39 is 5.97 Å². The quantitative estimate of drug-likeness (QED) is 0.401. The summed E-state index contributed by atoms with van der Waals surface area (Å²) in [6, 6.07) is -0.385. The number of carbonyl (C=O) groups is 2. The van der Waals surface area contributed by atoms with Crippen LogP contribution in [0.4, 0.5) is 9.80 Å². The van der Waals surface area contributed by atoms with E-state index in [2.05, 4.69) is 21.9 Å². The first kappa shape index (κ1) is 19.8. The Labute approximate surface area is 145 Å². The molecule has 0 atom stereocenters. The van der Waals surface area contributed by atoms with E-state index in [9.17, 15) is 14.7 Å². The standard InChI is InChI=1S/C15H25N3O3S2/c1-3-5-7-8-10-22-13-11(14(19)20)12(23-18-13)17-15(21)16-9-6-4-2/h3-10H2,1-2H3,(H,19,20)(H2,16,17,21). The molecule has 0 saturated carbocycles. The van der Waals surface area contributed by atoms with E-state index in [1.165, 1.54) is 24.6 Å². The lowest BCUT2D eigenvalue weighted by atomic mass is 10.2. The van der Waals surface area contributed by atoms with Crippen molar-refractivity contribution in [2.45, 2.75) is 57.4 Å². The summed E-state index contributed by atoms with van der Waals surface area (Å²) in [4.78, 5) is 23.2. The number of anilines is 1. The van der Waals surface area contributed by atoms with Crippen molar-refractivity contribution in [3.8, 4) is 0 Å². The van der Waals surface area contributed by atoms with E-state index in [-0.39, 0.29) is 11.6 Å². The third-order valence-corrected chi connectivity index (χ3v) is 5.09. The van der Waals surface area contributed by atoms with Crippen LogP contribution >= 0.6 is 23.3 Å². The van der Waals surface area contributed by atoms with Crippen molar-refractivity contribution in [2.24, 2.45) is 0 Å². The van der Waals surface area contributed by atoms with Crippen LogP contribution in [0.2, 0.25) is 0 Å². The van der Waals surface area contributed by atoms with Crippen molar-refractivity contribution < 1.29 is 14.7 Å². The van der Waals surface area contributed by atoms with Gasteiger partial charge in [-0.1, -0.05) is 39.5 Å². The number of hydrogen-bond donors (Lipinski definition) is 3. The Hall–Kier alpha value is -1.28. The van der Waals surface area contributed by atoms with Gasteiger partial charge in [0.25, 0.3) is 0 Å². The largest absolute Gasteiger partial charge is 0.477 e. The maximum Gasteiger partial charge on any atom is 0.341 e. The lowest BCUT2D eigenvalue weighted by molar-refractivity contribution is 0.0694. The number of aromatic nitrogens is 1. The number of nitrogens with zero attached hydrogens (tertiary/aromatic N) is 1. The van der Waals surface area contributed by atoms with Gasteiger partial charge in [-0.05, 0) is 30.1 Å². The Morgan fingerprint density at radius 3 is 2.57 bits per heavy atom. The molecule has 1 aromatic rings. The van der Waals surface area contributed by atoms with Gasteiger partial charge in [0.1, 0.15) is 15.6 Å². The maximum absolute atomic E-state index is 11.8. The summed E-state index contributed by atoms with van der Waals surface area (Å²) in [5.74, 6) is -0.217. The Morgan fingerprint density at radius 2 is 1.91 bits per heavy atom. The minimum absolute atomic E-state index is 0.0983. The van der Waals surface area contributed by atoms with E-state index >= 15 is 0 Å². The van der Waals surface area contributed by atoms with Crippen LogP contribution in [-0.2, 0) is 0 Å². The monoisotopic (exact) mass is 359 g/mol. The van der Waals surface area contributed by atoms with Crippen LogP contribution in [-0.4, -0.2) is 33.8 Å². The van der Waals surface area contributed by atoms with Crippen LogP contribution in [0.15, 0.2) is 5.03 Å². The molecule has 2 amide bonds. The molecule has 0 fully saturated rings. The predicted octanol–water partition coefficient (Wildman–Crippen LogP) is 4.44. The molecule has 3 N–H and O–H groups in total. The van der Waals surface area contributed by atoms with Gasteiger partial charge in [-0.25, -0.2) is 9.59 Å². The highest BCUT2D eigenvalue weighted by Gasteiger charge is 2.22. The number of unbranched alkanes of at least 4 members (excludes halogenated alkanes) is 4. The first-order chi connectivity index (χ1) is 11.1. The van der Waals surface area contributed by atoms with Crippen molar-refractivity contribution >= 4 is 40.3 Å². The van der Waals surface area contributed by atoms with Gasteiger partial charge in [-0.2, -0.15) is 4.37 Å². The molecule has 0 aromatic carbocycles. The molecule has 8 heteroatoms. The molecule has 0 unspecified atom stereocenters. The van der Waals surface area contributed by atoms with Gasteiger partial charge in [0, 0.05) is 6.54 Å². The molecular weight excluding hydrogens is 334 g/mol. The van der Waals surface area contributed by atoms with Crippen molar-refractivity contribution in [1.82, 2.24) is 9.69 Å². The molecule has 23 heavy (non-hydrogen) atoms. The summed E-state index contributed by atoms with van der Waals surface area (Å²) in [5, 5.41) is 15.5. The number of amides is 2. The molecule has 0 aliphatic rings. The highest BCUT2D eigenvalue weighted by molar-refractivity contribution is 7.99. The average molecular weight is 360 g/mol. The third kappa shape index (κ3) is 7.22. The van der Waals surface area contributed by atoms with Crippen LogP contribution in [0.25, 0.3) is 0 Å². The van der Waals surface area contributed by atoms with Gasteiger partial charge in [0.15, 0.2) is 0 Å². The second-order valence-corrected chi connectivity index (χ2v) is 7.00. The van der Waals surface area contributed by atoms with E-state index in [1.54, 1.807) is 0 Å². The van der Waals surface area contributed by atoms with E-state index in [4.69, 9.17) is 0 Å². The molecule has 0 aliphatic carbocycles. The molecule has 0 saturated heterocycles. The van der Waals surface area contributed by atoms with Gasteiger partial charge in [0.2, 0.25) is 0 Å². The summed E-state index contributed by atoms with van der Waals surface area (Å²) in [6.45, 7) is 4.76. The Kier molecular flexibility index (Phi) is 9.70. The highest BCUT2D eigenvalue weighted by atomic mass is 32.2. The third-order valence-electron chi connectivity index (χ3n) is 3.15. The molecule has 0 radical (unpaired) electrons. The molecule has 6 nitrogen and oxygen atoms in total. The number of urea groups is 1. The fourth-order valence-electron chi connectivity index (χ4n) is 1.87. The normalized spacial score (nSPS) is 10.5. The number of aromatic carboxylic acids is 1. The van der Waals surface area contributed by atoms with Crippen LogP contribution in [0.1, 0.15) is 62.7 Å². The van der Waals surface area contributed by atoms with Gasteiger partial charge in [0.05, 0.1) is 0 Å². The smallest absolute Gasteiger partial charge is 0.341 e. The van der Waals surface area contributed by atoms with Crippen molar-refractivity contribution in [2.75, 3.05) is 17.6 Å². The van der Waals surface area contributed by atoms with Gasteiger partial charge < -0.3 is 10.4 Å². The number of carbonyl (C=O) groups excluding carboxylic acids is 1. The van der Waals surface area contributed by atoms with Crippen LogP contribution < -0.4 is 10.6 Å². The first-order valence-corrected chi connectivity index (χ1v) is 9.76. The van der Waals surface area contributed by atoms with Crippen LogP contribution in [0, 0.1) is 0 Å². The zero-order valence-corrected chi connectivity index (χ0v) is 15.3. The second-order valence-electron chi connectivity index (χ2n) is 5.14. The number of thioether (sulfide) groups is 1. The van der Waals surface area contributed by atoms with Gasteiger partial charge in [-0.3, -0.25) is 5.32 Å². The van der Waals surface area contributed by atoms with Crippen molar-refractivity contribution in [3.05, 3.63) is 5.56 Å². The number of nitrogens with one attached hydrogen (secondary N) is 2. The topological polar surface area (TPSA) is 91.3 Å². The molecule has 0 aliphatic heterocycles. The lowest BCUT2D eigenvalue weighted by Crippen LogP contribution is -2.29.